The standard InChI is InChI=1S/C13H19NO2/c1-4-6-10(2)13(15)14-11-7-5-8-12(9-11)16-3/h5,7-10H,4,6H2,1-3H3,(H,14,15). The number of ether oxygens (including phenoxy) is 1. The predicted molar refractivity (Wildman–Crippen MR) is 65.7 cm³/mol. The summed E-state index contributed by atoms with van der Waals surface area (Å²) in [6.07, 6.45) is 1.93. The summed E-state index contributed by atoms with van der Waals surface area (Å²) in [5, 5.41) is 2.88. The second-order valence-corrected chi connectivity index (χ2v) is 3.91. The van der Waals surface area contributed by atoms with Crippen molar-refractivity contribution in [1.82, 2.24) is 0 Å². The summed E-state index contributed by atoms with van der Waals surface area (Å²) in [5.41, 5.74) is 0.785. The number of benzene rings is 1. The minimum Gasteiger partial charge on any atom is -0.497 e. The van der Waals surface area contributed by atoms with E-state index in [0.717, 1.165) is 24.3 Å². The van der Waals surface area contributed by atoms with Gasteiger partial charge in [-0.15, -0.1) is 0 Å². The minimum atomic E-state index is 0.0520. The highest BCUT2D eigenvalue weighted by Gasteiger charge is 2.11. The van der Waals surface area contributed by atoms with Crippen molar-refractivity contribution in [2.24, 2.45) is 5.92 Å². The fourth-order valence-corrected chi connectivity index (χ4v) is 1.53. The molecular formula is C13H19NO2. The smallest absolute Gasteiger partial charge is 0.227 e. The van der Waals surface area contributed by atoms with E-state index in [1.807, 2.05) is 31.2 Å². The Morgan fingerprint density at radius 3 is 2.88 bits per heavy atom. The van der Waals surface area contributed by atoms with Crippen molar-refractivity contribution in [3.05, 3.63) is 24.3 Å². The largest absolute Gasteiger partial charge is 0.497 e. The first-order chi connectivity index (χ1) is 7.67. The van der Waals surface area contributed by atoms with Crippen LogP contribution in [0.3, 0.4) is 0 Å². The summed E-state index contributed by atoms with van der Waals surface area (Å²) in [4.78, 5) is 11.8. The lowest BCUT2D eigenvalue weighted by atomic mass is 10.1. The number of hydrogen-bond donors (Lipinski definition) is 1. The van der Waals surface area contributed by atoms with Crippen LogP contribution in [-0.2, 0) is 4.79 Å². The summed E-state index contributed by atoms with van der Waals surface area (Å²) in [5.74, 6) is 0.868. The normalized spacial score (nSPS) is 11.9. The monoisotopic (exact) mass is 221 g/mol. The van der Waals surface area contributed by atoms with Gasteiger partial charge in [0.2, 0.25) is 5.91 Å². The van der Waals surface area contributed by atoms with Gasteiger partial charge >= 0.3 is 0 Å². The van der Waals surface area contributed by atoms with Crippen LogP contribution in [0.5, 0.6) is 5.75 Å². The van der Waals surface area contributed by atoms with Gasteiger partial charge in [-0.1, -0.05) is 26.3 Å². The van der Waals surface area contributed by atoms with E-state index in [-0.39, 0.29) is 11.8 Å². The summed E-state index contributed by atoms with van der Waals surface area (Å²) in [6.45, 7) is 4.02. The Balaban J connectivity index is 2.61. The minimum absolute atomic E-state index is 0.0520. The molecule has 0 bridgehead atoms. The number of methoxy groups -OCH3 is 1. The Kier molecular flexibility index (Phi) is 4.83. The fraction of sp³-hybridized carbons (Fsp3) is 0.462. The zero-order valence-corrected chi connectivity index (χ0v) is 10.1. The summed E-state index contributed by atoms with van der Waals surface area (Å²) >= 11 is 0. The van der Waals surface area contributed by atoms with E-state index in [1.54, 1.807) is 7.11 Å². The Hall–Kier alpha value is -1.51. The third-order valence-corrected chi connectivity index (χ3v) is 2.51. The SMILES string of the molecule is CCCC(C)C(=O)Nc1cccc(OC)c1. The van der Waals surface area contributed by atoms with Gasteiger partial charge in [0, 0.05) is 17.7 Å². The van der Waals surface area contributed by atoms with Crippen molar-refractivity contribution in [3.8, 4) is 5.75 Å². The molecule has 0 aliphatic rings. The molecule has 1 atom stereocenters. The highest BCUT2D eigenvalue weighted by atomic mass is 16.5. The van der Waals surface area contributed by atoms with Crippen molar-refractivity contribution in [2.45, 2.75) is 26.7 Å². The fourth-order valence-electron chi connectivity index (χ4n) is 1.53. The van der Waals surface area contributed by atoms with Gasteiger partial charge in [0.25, 0.3) is 0 Å². The lowest BCUT2D eigenvalue weighted by molar-refractivity contribution is -0.119. The van der Waals surface area contributed by atoms with Gasteiger partial charge in [0.1, 0.15) is 5.75 Å². The topological polar surface area (TPSA) is 38.3 Å². The molecule has 0 radical (unpaired) electrons. The molecule has 3 nitrogen and oxygen atoms in total. The molecular weight excluding hydrogens is 202 g/mol. The molecule has 0 heterocycles. The second-order valence-electron chi connectivity index (χ2n) is 3.91. The summed E-state index contributed by atoms with van der Waals surface area (Å²) in [6, 6.07) is 7.39. The zero-order chi connectivity index (χ0) is 12.0. The average molecular weight is 221 g/mol. The molecule has 1 aromatic carbocycles. The second kappa shape index (κ2) is 6.16. The van der Waals surface area contributed by atoms with Gasteiger partial charge < -0.3 is 10.1 Å². The molecule has 0 fully saturated rings. The highest BCUT2D eigenvalue weighted by Crippen LogP contribution is 2.18. The maximum Gasteiger partial charge on any atom is 0.227 e. The Morgan fingerprint density at radius 2 is 2.25 bits per heavy atom. The number of anilines is 1. The van der Waals surface area contributed by atoms with Gasteiger partial charge in [-0.2, -0.15) is 0 Å². The van der Waals surface area contributed by atoms with Crippen LogP contribution in [-0.4, -0.2) is 13.0 Å². The van der Waals surface area contributed by atoms with Crippen LogP contribution in [0.25, 0.3) is 0 Å². The first-order valence-corrected chi connectivity index (χ1v) is 5.62. The maximum absolute atomic E-state index is 11.8. The molecule has 1 rings (SSSR count). The first-order valence-electron chi connectivity index (χ1n) is 5.62. The molecule has 0 aromatic heterocycles. The van der Waals surface area contributed by atoms with Crippen LogP contribution in [0.4, 0.5) is 5.69 Å². The molecule has 16 heavy (non-hydrogen) atoms. The van der Waals surface area contributed by atoms with E-state index in [4.69, 9.17) is 4.74 Å². The number of hydrogen-bond acceptors (Lipinski definition) is 2. The van der Waals surface area contributed by atoms with Crippen LogP contribution in [0.2, 0.25) is 0 Å². The maximum atomic E-state index is 11.8. The van der Waals surface area contributed by atoms with Crippen molar-refractivity contribution in [2.75, 3.05) is 12.4 Å². The molecule has 1 unspecified atom stereocenters. The molecule has 0 aliphatic heterocycles. The van der Waals surface area contributed by atoms with Gasteiger partial charge in [-0.05, 0) is 18.6 Å². The number of carbonyl (C=O) groups excluding carboxylic acids is 1. The van der Waals surface area contributed by atoms with Crippen molar-refractivity contribution in [3.63, 3.8) is 0 Å². The Morgan fingerprint density at radius 1 is 1.50 bits per heavy atom. The van der Waals surface area contributed by atoms with Gasteiger partial charge in [-0.25, -0.2) is 0 Å². The van der Waals surface area contributed by atoms with E-state index in [1.165, 1.54) is 0 Å². The molecule has 1 aromatic rings. The quantitative estimate of drug-likeness (QED) is 0.829. The van der Waals surface area contributed by atoms with Gasteiger partial charge in [0.05, 0.1) is 7.11 Å². The van der Waals surface area contributed by atoms with Crippen molar-refractivity contribution >= 4 is 11.6 Å². The van der Waals surface area contributed by atoms with Crippen LogP contribution in [0, 0.1) is 5.92 Å². The summed E-state index contributed by atoms with van der Waals surface area (Å²) in [7, 11) is 1.61. The van der Waals surface area contributed by atoms with E-state index < -0.39 is 0 Å². The third-order valence-electron chi connectivity index (χ3n) is 2.51. The highest BCUT2D eigenvalue weighted by molar-refractivity contribution is 5.92. The summed E-state index contributed by atoms with van der Waals surface area (Å²) < 4.78 is 5.09. The number of nitrogens with one attached hydrogen (secondary N) is 1. The first kappa shape index (κ1) is 12.6. The molecule has 0 aliphatic carbocycles. The van der Waals surface area contributed by atoms with E-state index in [2.05, 4.69) is 12.2 Å². The van der Waals surface area contributed by atoms with E-state index in [0.29, 0.717) is 0 Å². The predicted octanol–water partition coefficient (Wildman–Crippen LogP) is 3.07. The Bertz CT molecular complexity index is 350. The van der Waals surface area contributed by atoms with Crippen LogP contribution in [0.15, 0.2) is 24.3 Å². The van der Waals surface area contributed by atoms with E-state index in [9.17, 15) is 4.79 Å². The van der Waals surface area contributed by atoms with E-state index >= 15 is 0 Å². The Labute approximate surface area is 96.8 Å². The van der Waals surface area contributed by atoms with Crippen LogP contribution in [0.1, 0.15) is 26.7 Å². The molecule has 0 spiro atoms. The van der Waals surface area contributed by atoms with Gasteiger partial charge in [0.15, 0.2) is 0 Å². The average Bonchev–Trinajstić information content (AvgIpc) is 2.29. The number of amides is 1. The molecule has 1 amide bonds. The molecule has 0 saturated carbocycles. The molecule has 0 saturated heterocycles. The molecule has 3 heteroatoms. The van der Waals surface area contributed by atoms with Gasteiger partial charge in [-0.3, -0.25) is 4.79 Å². The van der Waals surface area contributed by atoms with Crippen LogP contribution < -0.4 is 10.1 Å². The lowest BCUT2D eigenvalue weighted by Crippen LogP contribution is -2.20. The van der Waals surface area contributed by atoms with Crippen LogP contribution >= 0.6 is 0 Å². The zero-order valence-electron chi connectivity index (χ0n) is 10.1. The molecule has 1 N–H and O–H groups in total. The lowest BCUT2D eigenvalue weighted by Gasteiger charge is -2.11. The number of carbonyl (C=O) groups is 1. The molecule has 88 valence electrons. The van der Waals surface area contributed by atoms with Crippen molar-refractivity contribution < 1.29 is 9.53 Å². The number of rotatable bonds is 5. The van der Waals surface area contributed by atoms with Crippen molar-refractivity contribution in [1.29, 1.82) is 0 Å². The third kappa shape index (κ3) is 3.57.